The number of benzene rings is 1. The van der Waals surface area contributed by atoms with Gasteiger partial charge < -0.3 is 5.11 Å². The second-order valence-corrected chi connectivity index (χ2v) is 6.12. The molecule has 1 aromatic rings. The molecule has 0 amide bonds. The van der Waals surface area contributed by atoms with E-state index in [4.69, 9.17) is 6.42 Å². The first kappa shape index (κ1) is 17.6. The van der Waals surface area contributed by atoms with Gasteiger partial charge in [-0.3, -0.25) is 4.79 Å². The van der Waals surface area contributed by atoms with Crippen molar-refractivity contribution in [1.29, 1.82) is 0 Å². The molecule has 2 nitrogen and oxygen atoms in total. The summed E-state index contributed by atoms with van der Waals surface area (Å²) in [6.07, 6.45) is 5.15. The zero-order chi connectivity index (χ0) is 16.1. The molecule has 1 atom stereocenters. The number of rotatable bonds is 7. The van der Waals surface area contributed by atoms with Gasteiger partial charge in [-0.1, -0.05) is 34.5 Å². The average Bonchev–Trinajstić information content (AvgIpc) is 2.43. The van der Waals surface area contributed by atoms with Crippen LogP contribution in [0, 0.1) is 12.3 Å². The molecule has 114 valence electrons. The molecule has 0 spiro atoms. The molecule has 0 bridgehead atoms. The van der Waals surface area contributed by atoms with Crippen LogP contribution < -0.4 is 0 Å². The molecule has 21 heavy (non-hydrogen) atoms. The number of hydrogen-bond acceptors (Lipinski definition) is 1. The van der Waals surface area contributed by atoms with Crippen molar-refractivity contribution >= 4 is 21.9 Å². The van der Waals surface area contributed by atoms with Gasteiger partial charge in [-0.25, -0.2) is 0 Å². The maximum absolute atomic E-state index is 12.9. The Morgan fingerprint density at radius 3 is 2.52 bits per heavy atom. The first-order chi connectivity index (χ1) is 9.71. The standard InChI is InChI=1S/C16H17BrF2O2/c1-3-16(18,19)10-5-4-9-15(2,14(20)21)12-7-6-8-13(17)11-12/h1,6-8,11H,4-5,9-10H2,2H3,(H,20,21). The van der Waals surface area contributed by atoms with Gasteiger partial charge in [-0.15, -0.1) is 6.42 Å². The van der Waals surface area contributed by atoms with Crippen molar-refractivity contribution < 1.29 is 18.7 Å². The van der Waals surface area contributed by atoms with E-state index in [0.29, 0.717) is 12.0 Å². The number of halogens is 3. The Morgan fingerprint density at radius 1 is 1.38 bits per heavy atom. The van der Waals surface area contributed by atoms with E-state index in [0.717, 1.165) is 4.47 Å². The SMILES string of the molecule is C#CC(F)(F)CCCCC(C)(C(=O)O)c1cccc(Br)c1. The second kappa shape index (κ2) is 7.04. The van der Waals surface area contributed by atoms with Crippen LogP contribution in [0.4, 0.5) is 8.78 Å². The van der Waals surface area contributed by atoms with E-state index >= 15 is 0 Å². The molecule has 0 aromatic heterocycles. The number of carbonyl (C=O) groups is 1. The number of hydrogen-bond donors (Lipinski definition) is 1. The minimum absolute atomic E-state index is 0.189. The second-order valence-electron chi connectivity index (χ2n) is 5.20. The van der Waals surface area contributed by atoms with E-state index in [2.05, 4.69) is 15.9 Å². The highest BCUT2D eigenvalue weighted by molar-refractivity contribution is 9.10. The van der Waals surface area contributed by atoms with Gasteiger partial charge in [0.25, 0.3) is 0 Å². The minimum Gasteiger partial charge on any atom is -0.481 e. The largest absolute Gasteiger partial charge is 0.481 e. The molecule has 0 aliphatic heterocycles. The summed E-state index contributed by atoms with van der Waals surface area (Å²) in [5.74, 6) is -2.64. The van der Waals surface area contributed by atoms with Crippen molar-refractivity contribution in [2.24, 2.45) is 0 Å². The van der Waals surface area contributed by atoms with E-state index in [1.807, 2.05) is 0 Å². The summed E-state index contributed by atoms with van der Waals surface area (Å²) in [6, 6.07) is 7.03. The smallest absolute Gasteiger partial charge is 0.313 e. The van der Waals surface area contributed by atoms with Crippen LogP contribution in [0.3, 0.4) is 0 Å². The van der Waals surface area contributed by atoms with Crippen LogP contribution in [-0.2, 0) is 10.2 Å². The van der Waals surface area contributed by atoms with E-state index in [1.165, 1.54) is 5.92 Å². The Balaban J connectivity index is 2.75. The molecule has 1 N–H and O–H groups in total. The van der Waals surface area contributed by atoms with Gasteiger partial charge in [-0.05, 0) is 43.4 Å². The Kier molecular flexibility index (Phi) is 5.91. The average molecular weight is 359 g/mol. The first-order valence-corrected chi connectivity index (χ1v) is 7.35. The molecule has 1 rings (SSSR count). The topological polar surface area (TPSA) is 37.3 Å². The highest BCUT2D eigenvalue weighted by atomic mass is 79.9. The van der Waals surface area contributed by atoms with Crippen LogP contribution in [-0.4, -0.2) is 17.0 Å². The molecule has 0 saturated heterocycles. The molecular formula is C16H17BrF2O2. The molecule has 1 unspecified atom stereocenters. The van der Waals surface area contributed by atoms with Crippen molar-refractivity contribution in [2.45, 2.75) is 43.9 Å². The van der Waals surface area contributed by atoms with Crippen molar-refractivity contribution in [1.82, 2.24) is 0 Å². The Hall–Kier alpha value is -1.41. The highest BCUT2D eigenvalue weighted by Crippen LogP contribution is 2.32. The van der Waals surface area contributed by atoms with Gasteiger partial charge in [0.1, 0.15) is 0 Å². The lowest BCUT2D eigenvalue weighted by Crippen LogP contribution is -2.32. The third kappa shape index (κ3) is 4.82. The van der Waals surface area contributed by atoms with E-state index in [1.54, 1.807) is 31.2 Å². The third-order valence-corrected chi connectivity index (χ3v) is 4.06. The normalized spacial score (nSPS) is 14.2. The van der Waals surface area contributed by atoms with Crippen LogP contribution in [0.1, 0.15) is 38.2 Å². The molecule has 0 saturated carbocycles. The summed E-state index contributed by atoms with van der Waals surface area (Å²) < 4.78 is 26.7. The Labute approximate surface area is 131 Å². The lowest BCUT2D eigenvalue weighted by Gasteiger charge is -2.25. The Bertz CT molecular complexity index is 551. The lowest BCUT2D eigenvalue weighted by atomic mass is 9.78. The van der Waals surface area contributed by atoms with Crippen molar-refractivity contribution in [2.75, 3.05) is 0 Å². The van der Waals surface area contributed by atoms with E-state index < -0.39 is 23.7 Å². The summed E-state index contributed by atoms with van der Waals surface area (Å²) in [4.78, 5) is 11.6. The maximum atomic E-state index is 12.9. The van der Waals surface area contributed by atoms with Crippen molar-refractivity contribution in [3.63, 3.8) is 0 Å². The molecule has 5 heteroatoms. The van der Waals surface area contributed by atoms with Crippen LogP contribution in [0.5, 0.6) is 0 Å². The number of unbranched alkanes of at least 4 members (excludes halogenated alkanes) is 1. The molecule has 1 aromatic carbocycles. The summed E-state index contributed by atoms with van der Waals surface area (Å²) in [7, 11) is 0. The summed E-state index contributed by atoms with van der Waals surface area (Å²) in [5.41, 5.74) is -0.456. The predicted octanol–water partition coefficient (Wildman–Crippen LogP) is 4.62. The fourth-order valence-corrected chi connectivity index (χ4v) is 2.50. The van der Waals surface area contributed by atoms with Crippen LogP contribution >= 0.6 is 15.9 Å². The van der Waals surface area contributed by atoms with Crippen molar-refractivity contribution in [3.8, 4) is 12.3 Å². The van der Waals surface area contributed by atoms with Gasteiger partial charge in [0.2, 0.25) is 0 Å². The fourth-order valence-electron chi connectivity index (χ4n) is 2.10. The third-order valence-electron chi connectivity index (χ3n) is 3.56. The summed E-state index contributed by atoms with van der Waals surface area (Å²) in [5, 5.41) is 9.49. The molecule has 0 radical (unpaired) electrons. The zero-order valence-corrected chi connectivity index (χ0v) is 13.3. The van der Waals surface area contributed by atoms with Gasteiger partial charge in [-0.2, -0.15) is 8.78 Å². The maximum Gasteiger partial charge on any atom is 0.313 e. The number of carboxylic acid groups (broad SMARTS) is 1. The molecule has 0 aliphatic carbocycles. The zero-order valence-electron chi connectivity index (χ0n) is 11.7. The van der Waals surface area contributed by atoms with Gasteiger partial charge in [0.15, 0.2) is 0 Å². The number of terminal acetylenes is 1. The van der Waals surface area contributed by atoms with E-state index in [-0.39, 0.29) is 12.8 Å². The molecule has 0 fully saturated rings. The first-order valence-electron chi connectivity index (χ1n) is 6.56. The minimum atomic E-state index is -3.12. The highest BCUT2D eigenvalue weighted by Gasteiger charge is 2.35. The summed E-state index contributed by atoms with van der Waals surface area (Å²) >= 11 is 3.31. The van der Waals surface area contributed by atoms with Gasteiger partial charge in [0, 0.05) is 10.9 Å². The molecule has 0 aliphatic rings. The van der Waals surface area contributed by atoms with Gasteiger partial charge >= 0.3 is 11.9 Å². The van der Waals surface area contributed by atoms with Crippen LogP contribution in [0.2, 0.25) is 0 Å². The Morgan fingerprint density at radius 2 is 2.00 bits per heavy atom. The predicted molar refractivity (Wildman–Crippen MR) is 81.4 cm³/mol. The fraction of sp³-hybridized carbons (Fsp3) is 0.438. The monoisotopic (exact) mass is 358 g/mol. The van der Waals surface area contributed by atoms with E-state index in [9.17, 15) is 18.7 Å². The lowest BCUT2D eigenvalue weighted by molar-refractivity contribution is -0.143. The quantitative estimate of drug-likeness (QED) is 0.570. The number of alkyl halides is 2. The van der Waals surface area contributed by atoms with Crippen LogP contribution in [0.25, 0.3) is 0 Å². The molecule has 0 heterocycles. The van der Waals surface area contributed by atoms with Crippen LogP contribution in [0.15, 0.2) is 28.7 Å². The van der Waals surface area contributed by atoms with Gasteiger partial charge in [0.05, 0.1) is 5.41 Å². The number of carboxylic acids is 1. The molecular weight excluding hydrogens is 342 g/mol. The van der Waals surface area contributed by atoms with Crippen molar-refractivity contribution in [3.05, 3.63) is 34.3 Å². The number of aliphatic carboxylic acids is 1. The summed E-state index contributed by atoms with van der Waals surface area (Å²) in [6.45, 7) is 1.61.